The van der Waals surface area contributed by atoms with Gasteiger partial charge in [-0.15, -0.1) is 0 Å². The Hall–Kier alpha value is -2.53. The summed E-state index contributed by atoms with van der Waals surface area (Å²) in [6, 6.07) is 13.0. The van der Waals surface area contributed by atoms with E-state index in [1.54, 1.807) is 11.8 Å². The molecule has 0 aliphatic heterocycles. The van der Waals surface area contributed by atoms with E-state index in [-0.39, 0.29) is 18.4 Å². The minimum Gasteiger partial charge on any atom is -0.484 e. The highest BCUT2D eigenvalue weighted by atomic mass is 35.5. The van der Waals surface area contributed by atoms with Crippen molar-refractivity contribution in [2.24, 2.45) is 5.92 Å². The molecule has 2 aromatic rings. The molecule has 0 aromatic heterocycles. The molecule has 0 bridgehead atoms. The molecule has 1 N–H and O–H groups in total. The maximum Gasteiger partial charge on any atom is 0.261 e. The van der Waals surface area contributed by atoms with E-state index in [2.05, 4.69) is 5.32 Å². The Balaban J connectivity index is 2.09. The van der Waals surface area contributed by atoms with Crippen LogP contribution in [0.25, 0.3) is 0 Å². The van der Waals surface area contributed by atoms with Crippen molar-refractivity contribution in [3.05, 3.63) is 64.2 Å². The number of amides is 2. The molecule has 1 atom stereocenters. The first-order valence-corrected chi connectivity index (χ1v) is 11.1. The fraction of sp³-hybridized carbons (Fsp3) is 0.440. The highest BCUT2D eigenvalue weighted by Crippen LogP contribution is 2.25. The number of rotatable bonds is 10. The van der Waals surface area contributed by atoms with Crippen LogP contribution in [0.15, 0.2) is 42.5 Å². The number of hydrogen-bond acceptors (Lipinski definition) is 3. The molecule has 0 spiro atoms. The van der Waals surface area contributed by atoms with Gasteiger partial charge < -0.3 is 15.0 Å². The molecular formula is C25H33ClN2O3. The van der Waals surface area contributed by atoms with E-state index in [9.17, 15) is 9.59 Å². The van der Waals surface area contributed by atoms with E-state index in [1.807, 2.05) is 70.2 Å². The third-order valence-electron chi connectivity index (χ3n) is 5.11. The smallest absolute Gasteiger partial charge is 0.261 e. The van der Waals surface area contributed by atoms with Gasteiger partial charge in [0.15, 0.2) is 6.61 Å². The lowest BCUT2D eigenvalue weighted by molar-refractivity contribution is -0.141. The van der Waals surface area contributed by atoms with E-state index in [1.165, 1.54) is 0 Å². The van der Waals surface area contributed by atoms with Crippen molar-refractivity contribution in [2.75, 3.05) is 19.7 Å². The second-order valence-corrected chi connectivity index (χ2v) is 8.68. The van der Waals surface area contributed by atoms with Gasteiger partial charge in [-0.05, 0) is 61.9 Å². The predicted molar refractivity (Wildman–Crippen MR) is 126 cm³/mol. The van der Waals surface area contributed by atoms with Crippen molar-refractivity contribution in [3.63, 3.8) is 0 Å². The zero-order chi connectivity index (χ0) is 23.0. The number of carbonyl (C=O) groups is 2. The maximum atomic E-state index is 13.1. The fourth-order valence-corrected chi connectivity index (χ4v) is 3.35. The molecule has 2 rings (SSSR count). The third kappa shape index (κ3) is 7.59. The molecule has 0 fully saturated rings. The highest BCUT2D eigenvalue weighted by molar-refractivity contribution is 6.32. The Morgan fingerprint density at radius 2 is 1.68 bits per heavy atom. The fourth-order valence-electron chi connectivity index (χ4n) is 3.24. The van der Waals surface area contributed by atoms with Crippen molar-refractivity contribution >= 4 is 23.4 Å². The van der Waals surface area contributed by atoms with Crippen LogP contribution < -0.4 is 10.1 Å². The van der Waals surface area contributed by atoms with Crippen LogP contribution in [-0.2, 0) is 16.0 Å². The Bertz CT molecular complexity index is 861. The van der Waals surface area contributed by atoms with Crippen molar-refractivity contribution < 1.29 is 14.3 Å². The van der Waals surface area contributed by atoms with Gasteiger partial charge in [0.2, 0.25) is 5.91 Å². The SMILES string of the molecule is Cc1cc(OCC(=O)N(CCc2ccccc2)[C@H](C)C(=O)NCC(C)C)cc(C)c1Cl. The lowest BCUT2D eigenvalue weighted by Crippen LogP contribution is -2.50. The summed E-state index contributed by atoms with van der Waals surface area (Å²) in [5, 5.41) is 3.62. The number of nitrogens with zero attached hydrogens (tertiary/aromatic N) is 1. The van der Waals surface area contributed by atoms with E-state index in [0.29, 0.717) is 36.2 Å². The lowest BCUT2D eigenvalue weighted by atomic mass is 10.1. The molecule has 0 saturated carbocycles. The van der Waals surface area contributed by atoms with Crippen LogP contribution in [0.5, 0.6) is 5.75 Å². The summed E-state index contributed by atoms with van der Waals surface area (Å²) in [5.74, 6) is 0.540. The molecule has 0 saturated heterocycles. The molecular weight excluding hydrogens is 412 g/mol. The lowest BCUT2D eigenvalue weighted by Gasteiger charge is -2.29. The quantitative estimate of drug-likeness (QED) is 0.584. The van der Waals surface area contributed by atoms with E-state index < -0.39 is 6.04 Å². The van der Waals surface area contributed by atoms with Crippen molar-refractivity contribution in [1.82, 2.24) is 10.2 Å². The summed E-state index contributed by atoms with van der Waals surface area (Å²) in [6.45, 7) is 10.5. The van der Waals surface area contributed by atoms with Crippen LogP contribution in [0.4, 0.5) is 0 Å². The normalized spacial score (nSPS) is 11.8. The van der Waals surface area contributed by atoms with Gasteiger partial charge in [-0.2, -0.15) is 0 Å². The molecule has 2 amide bonds. The zero-order valence-electron chi connectivity index (χ0n) is 19.1. The summed E-state index contributed by atoms with van der Waals surface area (Å²) in [5.41, 5.74) is 2.90. The van der Waals surface area contributed by atoms with Crippen LogP contribution in [0, 0.1) is 19.8 Å². The van der Waals surface area contributed by atoms with Gasteiger partial charge >= 0.3 is 0 Å². The predicted octanol–water partition coefficient (Wildman–Crippen LogP) is 4.57. The van der Waals surface area contributed by atoms with Gasteiger partial charge in [0.1, 0.15) is 11.8 Å². The monoisotopic (exact) mass is 444 g/mol. The topological polar surface area (TPSA) is 58.6 Å². The van der Waals surface area contributed by atoms with E-state index in [4.69, 9.17) is 16.3 Å². The first kappa shape index (κ1) is 24.7. The second kappa shape index (κ2) is 11.8. The number of carbonyl (C=O) groups excluding carboxylic acids is 2. The first-order valence-electron chi connectivity index (χ1n) is 10.7. The molecule has 2 aromatic carbocycles. The summed E-state index contributed by atoms with van der Waals surface area (Å²) < 4.78 is 5.76. The second-order valence-electron chi connectivity index (χ2n) is 8.30. The van der Waals surface area contributed by atoms with Gasteiger partial charge in [0.25, 0.3) is 5.91 Å². The van der Waals surface area contributed by atoms with Gasteiger partial charge in [-0.25, -0.2) is 0 Å². The molecule has 5 nitrogen and oxygen atoms in total. The maximum absolute atomic E-state index is 13.1. The molecule has 31 heavy (non-hydrogen) atoms. The summed E-state index contributed by atoms with van der Waals surface area (Å²) in [4.78, 5) is 27.3. The molecule has 0 aliphatic rings. The third-order valence-corrected chi connectivity index (χ3v) is 5.70. The Kier molecular flexibility index (Phi) is 9.38. The number of aryl methyl sites for hydroxylation is 2. The summed E-state index contributed by atoms with van der Waals surface area (Å²) >= 11 is 6.22. The van der Waals surface area contributed by atoms with Crippen molar-refractivity contribution in [2.45, 2.75) is 47.1 Å². The van der Waals surface area contributed by atoms with Gasteiger partial charge in [-0.1, -0.05) is 55.8 Å². The average molecular weight is 445 g/mol. The van der Waals surface area contributed by atoms with Crippen LogP contribution in [-0.4, -0.2) is 42.5 Å². The van der Waals surface area contributed by atoms with Crippen LogP contribution >= 0.6 is 11.6 Å². The van der Waals surface area contributed by atoms with Crippen LogP contribution in [0.2, 0.25) is 5.02 Å². The summed E-state index contributed by atoms with van der Waals surface area (Å²) in [6.07, 6.45) is 0.660. The Morgan fingerprint density at radius 3 is 2.26 bits per heavy atom. The molecule has 0 aliphatic carbocycles. The number of hydrogen-bond donors (Lipinski definition) is 1. The molecule has 0 unspecified atom stereocenters. The largest absolute Gasteiger partial charge is 0.484 e. The van der Waals surface area contributed by atoms with Crippen LogP contribution in [0.3, 0.4) is 0 Å². The minimum absolute atomic E-state index is 0.142. The Labute approximate surface area is 190 Å². The zero-order valence-corrected chi connectivity index (χ0v) is 19.8. The number of ether oxygens (including phenoxy) is 1. The van der Waals surface area contributed by atoms with E-state index in [0.717, 1.165) is 16.7 Å². The van der Waals surface area contributed by atoms with E-state index >= 15 is 0 Å². The first-order chi connectivity index (χ1) is 14.7. The Morgan fingerprint density at radius 1 is 1.06 bits per heavy atom. The average Bonchev–Trinajstić information content (AvgIpc) is 2.74. The summed E-state index contributed by atoms with van der Waals surface area (Å²) in [7, 11) is 0. The highest BCUT2D eigenvalue weighted by Gasteiger charge is 2.26. The van der Waals surface area contributed by atoms with Gasteiger partial charge in [0.05, 0.1) is 0 Å². The number of halogens is 1. The number of nitrogens with one attached hydrogen (secondary N) is 1. The van der Waals surface area contributed by atoms with Crippen LogP contribution in [0.1, 0.15) is 37.5 Å². The molecule has 0 heterocycles. The van der Waals surface area contributed by atoms with Crippen molar-refractivity contribution in [3.8, 4) is 5.75 Å². The molecule has 0 radical (unpaired) electrons. The number of benzene rings is 2. The standard InChI is InChI=1S/C25H33ClN2O3/c1-17(2)15-27-25(30)20(5)28(12-11-21-9-7-6-8-10-21)23(29)16-31-22-13-18(3)24(26)19(4)14-22/h6-10,13-14,17,20H,11-12,15-16H2,1-5H3,(H,27,30)/t20-/m1/s1. The minimum atomic E-state index is -0.591. The van der Waals surface area contributed by atoms with Crippen molar-refractivity contribution in [1.29, 1.82) is 0 Å². The molecule has 168 valence electrons. The van der Waals surface area contributed by atoms with Gasteiger partial charge in [-0.3, -0.25) is 9.59 Å². The van der Waals surface area contributed by atoms with Gasteiger partial charge in [0, 0.05) is 18.1 Å². The molecule has 6 heteroatoms.